The van der Waals surface area contributed by atoms with Gasteiger partial charge in [0.25, 0.3) is 0 Å². The number of hydrogen-bond donors (Lipinski definition) is 1. The standard InChI is InChI=1S/C15H32N2/c1-6-9-10-17-11-14(13(4)7-2)16-12-15(17,5)8-3/h13-14,16H,6-12H2,1-5H3. The van der Waals surface area contributed by atoms with E-state index in [4.69, 9.17) is 0 Å². The van der Waals surface area contributed by atoms with Gasteiger partial charge in [0.1, 0.15) is 0 Å². The zero-order valence-corrected chi connectivity index (χ0v) is 12.6. The molecular weight excluding hydrogens is 208 g/mol. The van der Waals surface area contributed by atoms with E-state index in [9.17, 15) is 0 Å². The molecule has 3 atom stereocenters. The molecule has 0 spiro atoms. The van der Waals surface area contributed by atoms with E-state index in [0.29, 0.717) is 11.6 Å². The summed E-state index contributed by atoms with van der Waals surface area (Å²) in [5.74, 6) is 0.792. The van der Waals surface area contributed by atoms with Crippen LogP contribution in [0.4, 0.5) is 0 Å². The molecule has 1 rings (SSSR count). The first kappa shape index (κ1) is 15.0. The van der Waals surface area contributed by atoms with Crippen LogP contribution in [-0.4, -0.2) is 36.1 Å². The highest BCUT2D eigenvalue weighted by Crippen LogP contribution is 2.26. The molecule has 0 aliphatic carbocycles. The highest BCUT2D eigenvalue weighted by atomic mass is 15.3. The minimum atomic E-state index is 0.374. The van der Waals surface area contributed by atoms with E-state index in [1.165, 1.54) is 38.8 Å². The Morgan fingerprint density at radius 2 is 2.06 bits per heavy atom. The molecule has 3 unspecified atom stereocenters. The average Bonchev–Trinajstić information content (AvgIpc) is 2.36. The van der Waals surface area contributed by atoms with Crippen molar-refractivity contribution in [3.8, 4) is 0 Å². The van der Waals surface area contributed by atoms with Gasteiger partial charge in [0.2, 0.25) is 0 Å². The molecule has 0 aromatic carbocycles. The van der Waals surface area contributed by atoms with Crippen LogP contribution in [0.25, 0.3) is 0 Å². The Labute approximate surface area is 108 Å². The molecule has 1 heterocycles. The quantitative estimate of drug-likeness (QED) is 0.766. The molecule has 17 heavy (non-hydrogen) atoms. The van der Waals surface area contributed by atoms with Gasteiger partial charge in [-0.25, -0.2) is 0 Å². The van der Waals surface area contributed by atoms with Crippen LogP contribution in [0.1, 0.15) is 60.3 Å². The maximum atomic E-state index is 3.78. The summed E-state index contributed by atoms with van der Waals surface area (Å²) in [7, 11) is 0. The van der Waals surface area contributed by atoms with E-state index in [2.05, 4.69) is 44.8 Å². The van der Waals surface area contributed by atoms with Crippen molar-refractivity contribution in [2.45, 2.75) is 71.9 Å². The van der Waals surface area contributed by atoms with Crippen molar-refractivity contribution in [1.29, 1.82) is 0 Å². The van der Waals surface area contributed by atoms with Crippen molar-refractivity contribution in [2.24, 2.45) is 5.92 Å². The Bertz CT molecular complexity index is 217. The third-order valence-electron chi connectivity index (χ3n) is 4.80. The fourth-order valence-electron chi connectivity index (χ4n) is 2.71. The summed E-state index contributed by atoms with van der Waals surface area (Å²) in [6, 6.07) is 0.691. The van der Waals surface area contributed by atoms with Crippen LogP contribution in [-0.2, 0) is 0 Å². The topological polar surface area (TPSA) is 15.3 Å². The van der Waals surface area contributed by atoms with E-state index in [1.54, 1.807) is 0 Å². The zero-order chi connectivity index (χ0) is 12.9. The van der Waals surface area contributed by atoms with E-state index < -0.39 is 0 Å². The molecule has 0 amide bonds. The van der Waals surface area contributed by atoms with Crippen LogP contribution in [0.2, 0.25) is 0 Å². The lowest BCUT2D eigenvalue weighted by Crippen LogP contribution is -2.64. The molecule has 2 nitrogen and oxygen atoms in total. The van der Waals surface area contributed by atoms with E-state index in [0.717, 1.165) is 12.5 Å². The van der Waals surface area contributed by atoms with Gasteiger partial charge in [-0.05, 0) is 32.2 Å². The summed E-state index contributed by atoms with van der Waals surface area (Å²) in [6.07, 6.45) is 5.17. The first-order valence-corrected chi connectivity index (χ1v) is 7.55. The summed E-state index contributed by atoms with van der Waals surface area (Å²) in [6.45, 7) is 15.4. The van der Waals surface area contributed by atoms with Gasteiger partial charge in [-0.2, -0.15) is 0 Å². The van der Waals surface area contributed by atoms with Crippen LogP contribution < -0.4 is 5.32 Å². The molecule has 0 aromatic rings. The molecule has 102 valence electrons. The molecule has 1 saturated heterocycles. The Morgan fingerprint density at radius 1 is 1.35 bits per heavy atom. The van der Waals surface area contributed by atoms with Crippen LogP contribution in [0.3, 0.4) is 0 Å². The average molecular weight is 240 g/mol. The fourth-order valence-corrected chi connectivity index (χ4v) is 2.71. The zero-order valence-electron chi connectivity index (χ0n) is 12.6. The van der Waals surface area contributed by atoms with E-state index in [1.807, 2.05) is 0 Å². The molecule has 1 fully saturated rings. The first-order chi connectivity index (χ1) is 8.07. The Morgan fingerprint density at radius 3 is 2.59 bits per heavy atom. The van der Waals surface area contributed by atoms with Crippen LogP contribution in [0, 0.1) is 5.92 Å². The highest BCUT2D eigenvalue weighted by molar-refractivity contribution is 4.96. The summed E-state index contributed by atoms with van der Waals surface area (Å²) in [5, 5.41) is 3.78. The lowest BCUT2D eigenvalue weighted by Gasteiger charge is -2.49. The molecule has 1 N–H and O–H groups in total. The number of rotatable bonds is 6. The maximum absolute atomic E-state index is 3.78. The second-order valence-corrected chi connectivity index (χ2v) is 6.02. The van der Waals surface area contributed by atoms with Crippen molar-refractivity contribution in [1.82, 2.24) is 10.2 Å². The molecule has 0 bridgehead atoms. The van der Waals surface area contributed by atoms with Gasteiger partial charge in [0, 0.05) is 24.7 Å². The first-order valence-electron chi connectivity index (χ1n) is 7.55. The van der Waals surface area contributed by atoms with Gasteiger partial charge in [-0.15, -0.1) is 0 Å². The minimum absolute atomic E-state index is 0.374. The Hall–Kier alpha value is -0.0800. The normalized spacial score (nSPS) is 32.6. The SMILES string of the molecule is CCCCN1CC(C(C)CC)NCC1(C)CC. The summed E-state index contributed by atoms with van der Waals surface area (Å²) in [5.41, 5.74) is 0.374. The number of hydrogen-bond acceptors (Lipinski definition) is 2. The highest BCUT2D eigenvalue weighted by Gasteiger charge is 2.36. The molecular formula is C15H32N2. The monoisotopic (exact) mass is 240 g/mol. The third-order valence-corrected chi connectivity index (χ3v) is 4.80. The predicted octanol–water partition coefficient (Wildman–Crippen LogP) is 3.28. The lowest BCUT2D eigenvalue weighted by atomic mass is 9.88. The van der Waals surface area contributed by atoms with Crippen molar-refractivity contribution < 1.29 is 0 Å². The Balaban J connectivity index is 2.63. The minimum Gasteiger partial charge on any atom is -0.311 e. The molecule has 0 saturated carbocycles. The van der Waals surface area contributed by atoms with E-state index in [-0.39, 0.29) is 0 Å². The second-order valence-electron chi connectivity index (χ2n) is 6.02. The summed E-state index contributed by atoms with van der Waals surface area (Å²) >= 11 is 0. The number of nitrogens with zero attached hydrogens (tertiary/aromatic N) is 1. The van der Waals surface area contributed by atoms with Crippen molar-refractivity contribution in [3.05, 3.63) is 0 Å². The lowest BCUT2D eigenvalue weighted by molar-refractivity contribution is 0.0353. The molecule has 2 heteroatoms. The van der Waals surface area contributed by atoms with Gasteiger partial charge in [0.05, 0.1) is 0 Å². The predicted molar refractivity (Wildman–Crippen MR) is 76.4 cm³/mol. The maximum Gasteiger partial charge on any atom is 0.0303 e. The van der Waals surface area contributed by atoms with Crippen LogP contribution in [0.5, 0.6) is 0 Å². The summed E-state index contributed by atoms with van der Waals surface area (Å²) in [4.78, 5) is 2.74. The smallest absolute Gasteiger partial charge is 0.0303 e. The number of unbranched alkanes of at least 4 members (excludes halogenated alkanes) is 1. The molecule has 1 aliphatic heterocycles. The largest absolute Gasteiger partial charge is 0.311 e. The third kappa shape index (κ3) is 3.69. The fraction of sp³-hybridized carbons (Fsp3) is 1.00. The van der Waals surface area contributed by atoms with Gasteiger partial charge in [-0.3, -0.25) is 4.90 Å². The molecule has 0 aromatic heterocycles. The molecule has 1 aliphatic rings. The van der Waals surface area contributed by atoms with Crippen molar-refractivity contribution >= 4 is 0 Å². The molecule has 0 radical (unpaired) electrons. The van der Waals surface area contributed by atoms with Gasteiger partial charge in [0.15, 0.2) is 0 Å². The summed E-state index contributed by atoms with van der Waals surface area (Å²) < 4.78 is 0. The van der Waals surface area contributed by atoms with Crippen molar-refractivity contribution in [2.75, 3.05) is 19.6 Å². The van der Waals surface area contributed by atoms with E-state index >= 15 is 0 Å². The number of nitrogens with one attached hydrogen (secondary N) is 1. The van der Waals surface area contributed by atoms with Gasteiger partial charge < -0.3 is 5.32 Å². The Kier molecular flexibility index (Phi) is 5.94. The second kappa shape index (κ2) is 6.75. The van der Waals surface area contributed by atoms with Crippen LogP contribution >= 0.6 is 0 Å². The van der Waals surface area contributed by atoms with Crippen LogP contribution in [0.15, 0.2) is 0 Å². The van der Waals surface area contributed by atoms with Gasteiger partial charge in [-0.1, -0.05) is 40.5 Å². The van der Waals surface area contributed by atoms with Crippen molar-refractivity contribution in [3.63, 3.8) is 0 Å². The van der Waals surface area contributed by atoms with Gasteiger partial charge >= 0.3 is 0 Å². The number of piperazine rings is 1.